The number of hydrogen-bond donors (Lipinski definition) is 1. The SMILES string of the molecule is C[C@H]1[C@H](CC(=O)OC(C)(C)C)C[C@H](c2ccncc2N)O[C@@H]1C1CC1. The second-order valence-electron chi connectivity index (χ2n) is 8.58. The predicted molar refractivity (Wildman–Crippen MR) is 96.7 cm³/mol. The van der Waals surface area contributed by atoms with Crippen molar-refractivity contribution in [1.29, 1.82) is 0 Å². The minimum absolute atomic E-state index is 0.0720. The summed E-state index contributed by atoms with van der Waals surface area (Å²) in [6.45, 7) is 7.94. The van der Waals surface area contributed by atoms with Gasteiger partial charge in [-0.15, -0.1) is 0 Å². The zero-order valence-corrected chi connectivity index (χ0v) is 15.7. The Balaban J connectivity index is 1.76. The van der Waals surface area contributed by atoms with Gasteiger partial charge in [-0.1, -0.05) is 6.92 Å². The second kappa shape index (κ2) is 6.94. The molecule has 3 rings (SSSR count). The molecule has 5 nitrogen and oxygen atoms in total. The lowest BCUT2D eigenvalue weighted by molar-refractivity contribution is -0.162. The highest BCUT2D eigenvalue weighted by Gasteiger charge is 2.45. The van der Waals surface area contributed by atoms with Gasteiger partial charge < -0.3 is 15.2 Å². The summed E-state index contributed by atoms with van der Waals surface area (Å²) in [6.07, 6.45) is 7.20. The zero-order chi connectivity index (χ0) is 18.2. The van der Waals surface area contributed by atoms with E-state index in [2.05, 4.69) is 11.9 Å². The summed E-state index contributed by atoms with van der Waals surface area (Å²) in [7, 11) is 0. The fraction of sp³-hybridized carbons (Fsp3) is 0.700. The molecule has 0 aromatic carbocycles. The molecule has 5 heteroatoms. The van der Waals surface area contributed by atoms with Crippen molar-refractivity contribution in [3.8, 4) is 0 Å². The molecule has 0 spiro atoms. The molecule has 1 aromatic heterocycles. The predicted octanol–water partition coefficient (Wildman–Crippen LogP) is 3.89. The summed E-state index contributed by atoms with van der Waals surface area (Å²) < 4.78 is 12.0. The summed E-state index contributed by atoms with van der Waals surface area (Å²) in [6, 6.07) is 1.94. The Morgan fingerprint density at radius 1 is 1.40 bits per heavy atom. The zero-order valence-electron chi connectivity index (χ0n) is 15.7. The van der Waals surface area contributed by atoms with Crippen molar-refractivity contribution in [3.63, 3.8) is 0 Å². The highest BCUT2D eigenvalue weighted by Crippen LogP contribution is 2.49. The second-order valence-corrected chi connectivity index (χ2v) is 8.58. The van der Waals surface area contributed by atoms with Gasteiger partial charge in [-0.2, -0.15) is 0 Å². The first-order valence-electron chi connectivity index (χ1n) is 9.31. The van der Waals surface area contributed by atoms with Crippen molar-refractivity contribution in [2.75, 3.05) is 5.73 Å². The lowest BCUT2D eigenvalue weighted by atomic mass is 9.77. The van der Waals surface area contributed by atoms with Crippen molar-refractivity contribution < 1.29 is 14.3 Å². The Morgan fingerprint density at radius 3 is 2.72 bits per heavy atom. The van der Waals surface area contributed by atoms with E-state index < -0.39 is 5.60 Å². The Kier molecular flexibility index (Phi) is 5.05. The number of carbonyl (C=O) groups excluding carboxylic acids is 1. The first-order valence-corrected chi connectivity index (χ1v) is 9.31. The molecule has 1 saturated carbocycles. The van der Waals surface area contributed by atoms with Gasteiger partial charge in [-0.05, 0) is 63.9 Å². The van der Waals surface area contributed by atoms with Crippen LogP contribution in [0.3, 0.4) is 0 Å². The van der Waals surface area contributed by atoms with Crippen LogP contribution in [0.1, 0.15) is 65.0 Å². The number of anilines is 1. The molecule has 1 aliphatic carbocycles. The van der Waals surface area contributed by atoms with E-state index in [-0.39, 0.29) is 24.1 Å². The normalized spacial score (nSPS) is 30.1. The number of ether oxygens (including phenoxy) is 2. The van der Waals surface area contributed by atoms with Crippen LogP contribution in [0.4, 0.5) is 5.69 Å². The number of nitrogen functional groups attached to an aromatic ring is 1. The summed E-state index contributed by atoms with van der Waals surface area (Å²) >= 11 is 0. The van der Waals surface area contributed by atoms with Gasteiger partial charge in [0.15, 0.2) is 0 Å². The average Bonchev–Trinajstić information content (AvgIpc) is 3.32. The fourth-order valence-electron chi connectivity index (χ4n) is 3.87. The molecule has 0 unspecified atom stereocenters. The Labute approximate surface area is 150 Å². The van der Waals surface area contributed by atoms with Gasteiger partial charge in [0.2, 0.25) is 0 Å². The van der Waals surface area contributed by atoms with Crippen LogP contribution in [0.25, 0.3) is 0 Å². The molecular weight excluding hydrogens is 316 g/mol. The van der Waals surface area contributed by atoms with E-state index in [1.165, 1.54) is 12.8 Å². The van der Waals surface area contributed by atoms with Crippen molar-refractivity contribution >= 4 is 11.7 Å². The minimum atomic E-state index is -0.448. The molecule has 1 aliphatic heterocycles. The fourth-order valence-corrected chi connectivity index (χ4v) is 3.87. The van der Waals surface area contributed by atoms with Gasteiger partial charge in [0, 0.05) is 18.2 Å². The first-order chi connectivity index (χ1) is 11.7. The number of nitrogens with two attached hydrogens (primary N) is 1. The molecule has 2 aliphatic rings. The number of esters is 1. The summed E-state index contributed by atoms with van der Waals surface area (Å²) in [5.74, 6) is 1.08. The first kappa shape index (κ1) is 18.2. The maximum Gasteiger partial charge on any atom is 0.306 e. The quantitative estimate of drug-likeness (QED) is 0.837. The van der Waals surface area contributed by atoms with Crippen molar-refractivity contribution in [3.05, 3.63) is 24.0 Å². The Hall–Kier alpha value is -1.62. The van der Waals surface area contributed by atoms with E-state index in [0.29, 0.717) is 23.9 Å². The molecule has 2 heterocycles. The molecule has 1 aromatic rings. The lowest BCUT2D eigenvalue weighted by Crippen LogP contribution is -2.39. The van der Waals surface area contributed by atoms with Gasteiger partial charge in [-0.25, -0.2) is 0 Å². The number of carbonyl (C=O) groups is 1. The van der Waals surface area contributed by atoms with Crippen LogP contribution in [-0.4, -0.2) is 22.7 Å². The largest absolute Gasteiger partial charge is 0.460 e. The van der Waals surface area contributed by atoms with Gasteiger partial charge >= 0.3 is 5.97 Å². The molecule has 0 amide bonds. The number of aromatic nitrogens is 1. The maximum absolute atomic E-state index is 12.4. The molecule has 0 bridgehead atoms. The van der Waals surface area contributed by atoms with Crippen molar-refractivity contribution in [2.45, 2.75) is 71.2 Å². The Bertz CT molecular complexity index is 622. The van der Waals surface area contributed by atoms with Crippen LogP contribution in [0.15, 0.2) is 18.5 Å². The van der Waals surface area contributed by atoms with Crippen LogP contribution in [0, 0.1) is 17.8 Å². The van der Waals surface area contributed by atoms with E-state index in [0.717, 1.165) is 12.0 Å². The minimum Gasteiger partial charge on any atom is -0.460 e. The van der Waals surface area contributed by atoms with Gasteiger partial charge in [0.05, 0.1) is 24.1 Å². The van der Waals surface area contributed by atoms with Crippen molar-refractivity contribution in [1.82, 2.24) is 4.98 Å². The summed E-state index contributed by atoms with van der Waals surface area (Å²) in [4.78, 5) is 16.5. The molecule has 138 valence electrons. The third kappa shape index (κ3) is 4.51. The molecule has 2 N–H and O–H groups in total. The third-order valence-corrected chi connectivity index (χ3v) is 5.27. The topological polar surface area (TPSA) is 74.4 Å². The summed E-state index contributed by atoms with van der Waals surface area (Å²) in [5.41, 5.74) is 7.32. The molecule has 1 saturated heterocycles. The third-order valence-electron chi connectivity index (χ3n) is 5.27. The van der Waals surface area contributed by atoms with Gasteiger partial charge in [0.1, 0.15) is 5.60 Å². The molecular formula is C20H30N2O3. The van der Waals surface area contributed by atoms with E-state index in [1.54, 1.807) is 12.4 Å². The molecule has 0 radical (unpaired) electrons. The van der Waals surface area contributed by atoms with Crippen LogP contribution in [-0.2, 0) is 14.3 Å². The smallest absolute Gasteiger partial charge is 0.306 e. The summed E-state index contributed by atoms with van der Waals surface area (Å²) in [5, 5.41) is 0. The number of nitrogens with zero attached hydrogens (tertiary/aromatic N) is 1. The highest BCUT2D eigenvalue weighted by molar-refractivity contribution is 5.70. The molecule has 2 fully saturated rings. The van der Waals surface area contributed by atoms with E-state index >= 15 is 0 Å². The van der Waals surface area contributed by atoms with Crippen LogP contribution in [0.2, 0.25) is 0 Å². The monoisotopic (exact) mass is 346 g/mol. The number of rotatable bonds is 4. The lowest BCUT2D eigenvalue weighted by Gasteiger charge is -2.41. The number of pyridine rings is 1. The standard InChI is InChI=1S/C20H30N2O3/c1-12-14(10-18(23)25-20(2,3)4)9-17(24-19(12)13-5-6-13)15-7-8-22-11-16(15)21/h7-8,11-14,17,19H,5-6,9-10,21H2,1-4H3/t12-,14-,17+,19-/m0/s1. The maximum atomic E-state index is 12.4. The molecule has 25 heavy (non-hydrogen) atoms. The highest BCUT2D eigenvalue weighted by atomic mass is 16.6. The number of hydrogen-bond acceptors (Lipinski definition) is 5. The average molecular weight is 346 g/mol. The van der Waals surface area contributed by atoms with E-state index in [4.69, 9.17) is 15.2 Å². The van der Waals surface area contributed by atoms with Crippen LogP contribution in [0.5, 0.6) is 0 Å². The van der Waals surface area contributed by atoms with Crippen LogP contribution < -0.4 is 5.73 Å². The van der Waals surface area contributed by atoms with E-state index in [9.17, 15) is 4.79 Å². The van der Waals surface area contributed by atoms with Crippen molar-refractivity contribution in [2.24, 2.45) is 17.8 Å². The van der Waals surface area contributed by atoms with Gasteiger partial charge in [0.25, 0.3) is 0 Å². The molecule has 4 atom stereocenters. The Morgan fingerprint density at radius 2 is 2.12 bits per heavy atom. The van der Waals surface area contributed by atoms with Crippen LogP contribution >= 0.6 is 0 Å². The van der Waals surface area contributed by atoms with E-state index in [1.807, 2.05) is 26.8 Å². The van der Waals surface area contributed by atoms with Gasteiger partial charge in [-0.3, -0.25) is 9.78 Å².